The van der Waals surface area contributed by atoms with Crippen LogP contribution in [0.1, 0.15) is 12.8 Å². The molecule has 2 rings (SSSR count). The van der Waals surface area contributed by atoms with Gasteiger partial charge in [-0.15, -0.1) is 0 Å². The molecule has 1 aromatic carbocycles. The Morgan fingerprint density at radius 2 is 2.25 bits per heavy atom. The first-order valence-electron chi connectivity index (χ1n) is 6.43. The summed E-state index contributed by atoms with van der Waals surface area (Å²) in [6.45, 7) is 0.906. The van der Waals surface area contributed by atoms with Gasteiger partial charge in [0.25, 0.3) is 0 Å². The van der Waals surface area contributed by atoms with E-state index in [1.54, 1.807) is 18.2 Å². The molecule has 1 heterocycles. The molecule has 1 N–H and O–H groups in total. The van der Waals surface area contributed by atoms with Crippen LogP contribution in [0.15, 0.2) is 27.6 Å². The molecule has 0 aromatic heterocycles. The lowest BCUT2D eigenvalue weighted by molar-refractivity contribution is 0.165. The molecule has 0 saturated carbocycles. The smallest absolute Gasteiger partial charge is 0.243 e. The van der Waals surface area contributed by atoms with Gasteiger partial charge in [-0.2, -0.15) is 4.31 Å². The summed E-state index contributed by atoms with van der Waals surface area (Å²) in [7, 11) is -1.98. The van der Waals surface area contributed by atoms with E-state index >= 15 is 0 Å². The lowest BCUT2D eigenvalue weighted by Gasteiger charge is -2.31. The molecular formula is C13H18BrNO4S. The minimum absolute atomic E-state index is 0.0261. The van der Waals surface area contributed by atoms with Crippen molar-refractivity contribution < 1.29 is 18.3 Å². The van der Waals surface area contributed by atoms with E-state index in [2.05, 4.69) is 15.9 Å². The van der Waals surface area contributed by atoms with Gasteiger partial charge in [-0.05, 0) is 52.9 Å². The summed E-state index contributed by atoms with van der Waals surface area (Å²) in [5.41, 5.74) is 0. The second kappa shape index (κ2) is 6.43. The minimum Gasteiger partial charge on any atom is -0.496 e. The molecule has 1 unspecified atom stereocenters. The zero-order chi connectivity index (χ0) is 14.8. The Bertz CT molecular complexity index is 576. The van der Waals surface area contributed by atoms with Crippen molar-refractivity contribution in [3.8, 4) is 5.75 Å². The van der Waals surface area contributed by atoms with Gasteiger partial charge in [0.1, 0.15) is 5.75 Å². The topological polar surface area (TPSA) is 66.8 Å². The maximum absolute atomic E-state index is 12.6. The summed E-state index contributed by atoms with van der Waals surface area (Å²) < 4.78 is 32.3. The minimum atomic E-state index is -3.52. The highest BCUT2D eigenvalue weighted by Crippen LogP contribution is 2.30. The standard InChI is InChI=1S/C13H18BrNO4S/c1-19-13-5-4-11(7-12(13)14)20(17,18)15-6-2-3-10(8-15)9-16/h4-5,7,10,16H,2-3,6,8-9H2,1H3. The number of aliphatic hydroxyl groups excluding tert-OH is 1. The molecule has 1 aliphatic heterocycles. The number of hydrogen-bond acceptors (Lipinski definition) is 4. The number of methoxy groups -OCH3 is 1. The Morgan fingerprint density at radius 1 is 1.50 bits per heavy atom. The zero-order valence-corrected chi connectivity index (χ0v) is 13.7. The molecule has 1 fully saturated rings. The van der Waals surface area contributed by atoms with Gasteiger partial charge in [-0.25, -0.2) is 8.42 Å². The molecule has 0 radical (unpaired) electrons. The maximum atomic E-state index is 12.6. The lowest BCUT2D eigenvalue weighted by Crippen LogP contribution is -2.40. The van der Waals surface area contributed by atoms with Gasteiger partial charge in [0.15, 0.2) is 0 Å². The average molecular weight is 364 g/mol. The Hall–Kier alpha value is -0.630. The number of halogens is 1. The molecule has 1 aromatic rings. The number of piperidine rings is 1. The third-order valence-corrected chi connectivity index (χ3v) is 5.98. The fraction of sp³-hybridized carbons (Fsp3) is 0.538. The van der Waals surface area contributed by atoms with Crippen molar-refractivity contribution in [3.63, 3.8) is 0 Å². The second-order valence-corrected chi connectivity index (χ2v) is 7.64. The fourth-order valence-electron chi connectivity index (χ4n) is 2.35. The van der Waals surface area contributed by atoms with Crippen LogP contribution >= 0.6 is 15.9 Å². The van der Waals surface area contributed by atoms with E-state index in [1.807, 2.05) is 0 Å². The van der Waals surface area contributed by atoms with Crippen LogP contribution in [-0.2, 0) is 10.0 Å². The lowest BCUT2D eigenvalue weighted by atomic mass is 10.0. The van der Waals surface area contributed by atoms with E-state index in [1.165, 1.54) is 11.4 Å². The van der Waals surface area contributed by atoms with E-state index < -0.39 is 10.0 Å². The number of ether oxygens (including phenoxy) is 1. The third-order valence-electron chi connectivity index (χ3n) is 3.50. The molecule has 112 valence electrons. The van der Waals surface area contributed by atoms with E-state index in [4.69, 9.17) is 4.74 Å². The summed E-state index contributed by atoms with van der Waals surface area (Å²) in [4.78, 5) is 0.240. The monoisotopic (exact) mass is 363 g/mol. The second-order valence-electron chi connectivity index (χ2n) is 4.85. The first-order valence-corrected chi connectivity index (χ1v) is 8.67. The van der Waals surface area contributed by atoms with Crippen molar-refractivity contribution in [2.24, 2.45) is 5.92 Å². The normalized spacial score (nSPS) is 20.9. The number of nitrogens with zero attached hydrogens (tertiary/aromatic N) is 1. The van der Waals surface area contributed by atoms with Gasteiger partial charge < -0.3 is 9.84 Å². The summed E-state index contributed by atoms with van der Waals surface area (Å²) in [6, 6.07) is 4.72. The van der Waals surface area contributed by atoms with Crippen molar-refractivity contribution in [2.75, 3.05) is 26.8 Å². The SMILES string of the molecule is COc1ccc(S(=O)(=O)N2CCCC(CO)C2)cc1Br. The number of sulfonamides is 1. The van der Waals surface area contributed by atoms with Crippen LogP contribution < -0.4 is 4.74 Å². The Kier molecular flexibility index (Phi) is 5.06. The molecule has 7 heteroatoms. The van der Waals surface area contributed by atoms with Gasteiger partial charge in [0.05, 0.1) is 16.5 Å². The largest absolute Gasteiger partial charge is 0.496 e. The maximum Gasteiger partial charge on any atom is 0.243 e. The van der Waals surface area contributed by atoms with Gasteiger partial charge in [0, 0.05) is 19.7 Å². The van der Waals surface area contributed by atoms with Crippen LogP contribution in [0.2, 0.25) is 0 Å². The predicted octanol–water partition coefficient (Wildman–Crippen LogP) is 1.85. The van der Waals surface area contributed by atoms with Crippen molar-refractivity contribution in [1.82, 2.24) is 4.31 Å². The van der Waals surface area contributed by atoms with Crippen molar-refractivity contribution in [1.29, 1.82) is 0 Å². The molecule has 0 bridgehead atoms. The highest BCUT2D eigenvalue weighted by molar-refractivity contribution is 9.10. The van der Waals surface area contributed by atoms with Crippen LogP contribution in [0.5, 0.6) is 5.75 Å². The highest BCUT2D eigenvalue weighted by Gasteiger charge is 2.30. The summed E-state index contributed by atoms with van der Waals surface area (Å²) in [5, 5.41) is 9.21. The first kappa shape index (κ1) is 15.8. The Balaban J connectivity index is 2.28. The average Bonchev–Trinajstić information content (AvgIpc) is 2.47. The van der Waals surface area contributed by atoms with Crippen molar-refractivity contribution in [3.05, 3.63) is 22.7 Å². The van der Waals surface area contributed by atoms with Gasteiger partial charge in [-0.3, -0.25) is 0 Å². The van der Waals surface area contributed by atoms with E-state index in [0.717, 1.165) is 12.8 Å². The first-order chi connectivity index (χ1) is 9.48. The van der Waals surface area contributed by atoms with Gasteiger partial charge in [0.2, 0.25) is 10.0 Å². The molecule has 1 aliphatic rings. The fourth-order valence-corrected chi connectivity index (χ4v) is 4.62. The molecule has 0 aliphatic carbocycles. The summed E-state index contributed by atoms with van der Waals surface area (Å²) in [6.07, 6.45) is 1.65. The van der Waals surface area contributed by atoms with Crippen LogP contribution in [0, 0.1) is 5.92 Å². The number of benzene rings is 1. The molecule has 1 atom stereocenters. The number of aliphatic hydroxyl groups is 1. The molecule has 5 nitrogen and oxygen atoms in total. The third kappa shape index (κ3) is 3.16. The number of rotatable bonds is 4. The zero-order valence-electron chi connectivity index (χ0n) is 11.3. The van der Waals surface area contributed by atoms with Crippen molar-refractivity contribution in [2.45, 2.75) is 17.7 Å². The van der Waals surface area contributed by atoms with Crippen LogP contribution in [0.4, 0.5) is 0 Å². The van der Waals surface area contributed by atoms with Crippen LogP contribution in [0.3, 0.4) is 0 Å². The van der Waals surface area contributed by atoms with Gasteiger partial charge >= 0.3 is 0 Å². The summed E-state index contributed by atoms with van der Waals surface area (Å²) in [5.74, 6) is 0.621. The quantitative estimate of drug-likeness (QED) is 0.886. The number of hydrogen-bond donors (Lipinski definition) is 1. The molecular weight excluding hydrogens is 346 g/mol. The molecule has 0 spiro atoms. The van der Waals surface area contributed by atoms with Crippen molar-refractivity contribution >= 4 is 26.0 Å². The summed E-state index contributed by atoms with van der Waals surface area (Å²) >= 11 is 3.30. The van der Waals surface area contributed by atoms with Crippen LogP contribution in [-0.4, -0.2) is 44.6 Å². The molecule has 20 heavy (non-hydrogen) atoms. The van der Waals surface area contributed by atoms with E-state index in [9.17, 15) is 13.5 Å². The molecule has 0 amide bonds. The van der Waals surface area contributed by atoms with E-state index in [-0.39, 0.29) is 17.4 Å². The predicted molar refractivity (Wildman–Crippen MR) is 79.3 cm³/mol. The highest BCUT2D eigenvalue weighted by atomic mass is 79.9. The Morgan fingerprint density at radius 3 is 2.85 bits per heavy atom. The Labute approximate surface area is 127 Å². The van der Waals surface area contributed by atoms with Gasteiger partial charge in [-0.1, -0.05) is 0 Å². The van der Waals surface area contributed by atoms with E-state index in [0.29, 0.717) is 23.3 Å². The van der Waals surface area contributed by atoms with Crippen LogP contribution in [0.25, 0.3) is 0 Å². The molecule has 1 saturated heterocycles.